The molecule has 1 rings (SSSR count). The Bertz CT molecular complexity index is 264. The molecule has 0 saturated heterocycles. The topological polar surface area (TPSA) is 12.0 Å². The first-order valence-electron chi connectivity index (χ1n) is 5.75. The first-order chi connectivity index (χ1) is 7.27. The summed E-state index contributed by atoms with van der Waals surface area (Å²) in [6.07, 6.45) is 5.08. The lowest BCUT2D eigenvalue weighted by Gasteiger charge is -2.16. The van der Waals surface area contributed by atoms with Crippen molar-refractivity contribution in [1.29, 1.82) is 0 Å². The van der Waals surface area contributed by atoms with Crippen LogP contribution in [0.15, 0.2) is 11.4 Å². The lowest BCUT2D eigenvalue weighted by atomic mass is 10.0. The zero-order valence-electron chi connectivity index (χ0n) is 9.55. The maximum absolute atomic E-state index is 3.64. The van der Waals surface area contributed by atoms with Crippen molar-refractivity contribution in [1.82, 2.24) is 5.32 Å². The summed E-state index contributed by atoms with van der Waals surface area (Å²) < 4.78 is 1.39. The number of halogens is 1. The minimum Gasteiger partial charge on any atom is -0.310 e. The standard InChI is InChI=1S/C12H20INS/c1-3-5-6-11(14-7-4-2)10-8-12(13)15-9-10/h8-9,11,14H,3-7H2,1-2H3. The highest BCUT2D eigenvalue weighted by Gasteiger charge is 2.11. The summed E-state index contributed by atoms with van der Waals surface area (Å²) in [4.78, 5) is 0. The van der Waals surface area contributed by atoms with Crippen LogP contribution in [0.4, 0.5) is 0 Å². The van der Waals surface area contributed by atoms with Gasteiger partial charge >= 0.3 is 0 Å². The van der Waals surface area contributed by atoms with Crippen LogP contribution in [0.3, 0.4) is 0 Å². The summed E-state index contributed by atoms with van der Waals surface area (Å²) in [7, 11) is 0. The van der Waals surface area contributed by atoms with E-state index in [1.165, 1.54) is 34.1 Å². The van der Waals surface area contributed by atoms with Gasteiger partial charge in [0.1, 0.15) is 0 Å². The van der Waals surface area contributed by atoms with E-state index in [1.54, 1.807) is 0 Å². The van der Waals surface area contributed by atoms with Crippen molar-refractivity contribution in [2.24, 2.45) is 0 Å². The summed E-state index contributed by atoms with van der Waals surface area (Å²) >= 11 is 4.25. The summed E-state index contributed by atoms with van der Waals surface area (Å²) in [5, 5.41) is 5.93. The molecule has 1 aromatic rings. The van der Waals surface area contributed by atoms with E-state index < -0.39 is 0 Å². The molecule has 0 radical (unpaired) electrons. The van der Waals surface area contributed by atoms with Gasteiger partial charge in [0.15, 0.2) is 0 Å². The number of hydrogen-bond donors (Lipinski definition) is 1. The van der Waals surface area contributed by atoms with Crippen LogP contribution in [0.25, 0.3) is 0 Å². The van der Waals surface area contributed by atoms with Crippen LogP contribution in [0.5, 0.6) is 0 Å². The van der Waals surface area contributed by atoms with Crippen LogP contribution < -0.4 is 5.32 Å². The van der Waals surface area contributed by atoms with Gasteiger partial charge in [-0.3, -0.25) is 0 Å². The molecule has 86 valence electrons. The van der Waals surface area contributed by atoms with Crippen LogP contribution in [-0.2, 0) is 0 Å². The average molecular weight is 337 g/mol. The molecule has 0 spiro atoms. The molecule has 1 heterocycles. The maximum Gasteiger partial charge on any atom is 0.0656 e. The van der Waals surface area contributed by atoms with E-state index in [1.807, 2.05) is 11.3 Å². The Morgan fingerprint density at radius 3 is 2.73 bits per heavy atom. The minimum absolute atomic E-state index is 0.574. The van der Waals surface area contributed by atoms with E-state index in [-0.39, 0.29) is 0 Å². The largest absolute Gasteiger partial charge is 0.310 e. The Balaban J connectivity index is 2.54. The van der Waals surface area contributed by atoms with Gasteiger partial charge in [-0.1, -0.05) is 26.7 Å². The molecule has 0 aliphatic rings. The molecule has 1 atom stereocenters. The normalized spacial score (nSPS) is 13.0. The SMILES string of the molecule is CCCCC(NCCC)c1csc(I)c1. The fourth-order valence-corrected chi connectivity index (χ4v) is 3.05. The third-order valence-electron chi connectivity index (χ3n) is 2.48. The molecule has 0 aromatic carbocycles. The lowest BCUT2D eigenvalue weighted by molar-refractivity contribution is 0.482. The van der Waals surface area contributed by atoms with Gasteiger partial charge in [0.05, 0.1) is 2.88 Å². The number of nitrogens with one attached hydrogen (secondary N) is 1. The van der Waals surface area contributed by atoms with Crippen molar-refractivity contribution in [3.8, 4) is 0 Å². The highest BCUT2D eigenvalue weighted by atomic mass is 127. The quantitative estimate of drug-likeness (QED) is 0.718. The third-order valence-corrected chi connectivity index (χ3v) is 4.28. The Labute approximate surface area is 111 Å². The van der Waals surface area contributed by atoms with Crippen LogP contribution in [0.1, 0.15) is 51.1 Å². The molecule has 1 unspecified atom stereocenters. The highest BCUT2D eigenvalue weighted by Crippen LogP contribution is 2.25. The Hall–Kier alpha value is 0.390. The Morgan fingerprint density at radius 2 is 2.20 bits per heavy atom. The van der Waals surface area contributed by atoms with Crippen molar-refractivity contribution in [2.45, 2.75) is 45.6 Å². The van der Waals surface area contributed by atoms with Gasteiger partial charge in [-0.05, 0) is 59.0 Å². The van der Waals surface area contributed by atoms with E-state index in [4.69, 9.17) is 0 Å². The molecule has 0 amide bonds. The second-order valence-electron chi connectivity index (χ2n) is 3.83. The van der Waals surface area contributed by atoms with E-state index in [9.17, 15) is 0 Å². The maximum atomic E-state index is 3.64. The van der Waals surface area contributed by atoms with Crippen molar-refractivity contribution < 1.29 is 0 Å². The average Bonchev–Trinajstić information content (AvgIpc) is 2.65. The van der Waals surface area contributed by atoms with Crippen molar-refractivity contribution in [3.63, 3.8) is 0 Å². The summed E-state index contributed by atoms with van der Waals surface area (Å²) in [6, 6.07) is 2.89. The second-order valence-corrected chi connectivity index (χ2v) is 6.64. The number of unbranched alkanes of at least 4 members (excludes halogenated alkanes) is 1. The minimum atomic E-state index is 0.574. The predicted molar refractivity (Wildman–Crippen MR) is 77.6 cm³/mol. The summed E-state index contributed by atoms with van der Waals surface area (Å²) in [5.74, 6) is 0. The van der Waals surface area contributed by atoms with E-state index in [2.05, 4.69) is 53.2 Å². The van der Waals surface area contributed by atoms with E-state index >= 15 is 0 Å². The van der Waals surface area contributed by atoms with Gasteiger partial charge in [-0.15, -0.1) is 11.3 Å². The van der Waals surface area contributed by atoms with Gasteiger partial charge in [0, 0.05) is 6.04 Å². The van der Waals surface area contributed by atoms with Gasteiger partial charge in [-0.25, -0.2) is 0 Å². The zero-order chi connectivity index (χ0) is 11.1. The monoisotopic (exact) mass is 337 g/mol. The van der Waals surface area contributed by atoms with Gasteiger partial charge < -0.3 is 5.32 Å². The Morgan fingerprint density at radius 1 is 1.40 bits per heavy atom. The van der Waals surface area contributed by atoms with Gasteiger partial charge in [-0.2, -0.15) is 0 Å². The molecule has 1 nitrogen and oxygen atoms in total. The number of rotatable bonds is 7. The first kappa shape index (κ1) is 13.5. The fourth-order valence-electron chi connectivity index (χ4n) is 1.62. The first-order valence-corrected chi connectivity index (χ1v) is 7.71. The summed E-state index contributed by atoms with van der Waals surface area (Å²) in [5.41, 5.74) is 1.48. The van der Waals surface area contributed by atoms with Gasteiger partial charge in [0.25, 0.3) is 0 Å². The molecule has 1 aromatic heterocycles. The fraction of sp³-hybridized carbons (Fsp3) is 0.667. The van der Waals surface area contributed by atoms with Crippen LogP contribution >= 0.6 is 33.9 Å². The molecule has 3 heteroatoms. The molecule has 0 fully saturated rings. The molecule has 0 aliphatic heterocycles. The molecule has 15 heavy (non-hydrogen) atoms. The molecular formula is C12H20INS. The zero-order valence-corrected chi connectivity index (χ0v) is 12.5. The predicted octanol–water partition coefficient (Wildman–Crippen LogP) is 4.58. The van der Waals surface area contributed by atoms with Crippen LogP contribution in [0, 0.1) is 2.88 Å². The van der Waals surface area contributed by atoms with Crippen molar-refractivity contribution in [2.75, 3.05) is 6.54 Å². The molecule has 0 bridgehead atoms. The number of thiophene rings is 1. The smallest absolute Gasteiger partial charge is 0.0656 e. The molecule has 0 aliphatic carbocycles. The van der Waals surface area contributed by atoms with Crippen molar-refractivity contribution >= 4 is 33.9 Å². The highest BCUT2D eigenvalue weighted by molar-refractivity contribution is 14.1. The second kappa shape index (κ2) is 7.63. The molecule has 1 N–H and O–H groups in total. The van der Waals surface area contributed by atoms with Gasteiger partial charge in [0.2, 0.25) is 0 Å². The Kier molecular flexibility index (Phi) is 6.84. The lowest BCUT2D eigenvalue weighted by Crippen LogP contribution is -2.21. The molecule has 0 saturated carbocycles. The summed E-state index contributed by atoms with van der Waals surface area (Å²) in [6.45, 7) is 5.61. The van der Waals surface area contributed by atoms with Crippen molar-refractivity contribution in [3.05, 3.63) is 19.9 Å². The third kappa shape index (κ3) is 4.83. The van der Waals surface area contributed by atoms with E-state index in [0.29, 0.717) is 6.04 Å². The number of hydrogen-bond acceptors (Lipinski definition) is 2. The molecular weight excluding hydrogens is 317 g/mol. The van der Waals surface area contributed by atoms with Crippen LogP contribution in [-0.4, -0.2) is 6.54 Å². The van der Waals surface area contributed by atoms with E-state index in [0.717, 1.165) is 6.54 Å². The van der Waals surface area contributed by atoms with Crippen LogP contribution in [0.2, 0.25) is 0 Å².